The van der Waals surface area contributed by atoms with Crippen molar-refractivity contribution in [2.24, 2.45) is 0 Å². The highest BCUT2D eigenvalue weighted by atomic mass is 16.5. The van der Waals surface area contributed by atoms with Crippen molar-refractivity contribution in [3.63, 3.8) is 0 Å². The van der Waals surface area contributed by atoms with Crippen LogP contribution in [0.5, 0.6) is 0 Å². The van der Waals surface area contributed by atoms with Crippen molar-refractivity contribution in [1.82, 2.24) is 5.32 Å². The second kappa shape index (κ2) is 6.03. The van der Waals surface area contributed by atoms with E-state index in [0.29, 0.717) is 0 Å². The van der Waals surface area contributed by atoms with Gasteiger partial charge in [0.1, 0.15) is 0 Å². The summed E-state index contributed by atoms with van der Waals surface area (Å²) < 4.78 is 5.03. The molecule has 0 heterocycles. The second-order valence-corrected chi connectivity index (χ2v) is 4.64. The molecule has 0 bridgehead atoms. The Morgan fingerprint density at radius 2 is 2.12 bits per heavy atom. The maximum atomic E-state index is 5.03. The van der Waals surface area contributed by atoms with Crippen LogP contribution < -0.4 is 10.2 Å². The monoisotopic (exact) mass is 234 g/mol. The van der Waals surface area contributed by atoms with Gasteiger partial charge in [-0.1, -0.05) is 18.2 Å². The first kappa shape index (κ1) is 12.4. The summed E-state index contributed by atoms with van der Waals surface area (Å²) in [5.41, 5.74) is 2.73. The summed E-state index contributed by atoms with van der Waals surface area (Å²) in [5, 5.41) is 3.41. The van der Waals surface area contributed by atoms with Crippen molar-refractivity contribution in [3.05, 3.63) is 29.8 Å². The number of benzene rings is 1. The molecule has 0 spiro atoms. The molecule has 3 heteroatoms. The Morgan fingerprint density at radius 1 is 1.35 bits per heavy atom. The third-order valence-corrected chi connectivity index (χ3v) is 3.26. The maximum absolute atomic E-state index is 5.03. The zero-order valence-electron chi connectivity index (χ0n) is 10.8. The molecule has 94 valence electrons. The normalized spacial score (nSPS) is 14.9. The summed E-state index contributed by atoms with van der Waals surface area (Å²) in [6.45, 7) is 2.58. The van der Waals surface area contributed by atoms with Gasteiger partial charge in [-0.25, -0.2) is 0 Å². The Balaban J connectivity index is 1.95. The molecule has 0 amide bonds. The van der Waals surface area contributed by atoms with Crippen LogP contribution in [0.3, 0.4) is 0 Å². The standard InChI is InChI=1S/C14H22N2O/c1-16(13-7-8-13)14-6-4-3-5-12(14)11-15-9-10-17-2/h3-6,13,15H,7-11H2,1-2H3. The zero-order chi connectivity index (χ0) is 12.1. The lowest BCUT2D eigenvalue weighted by Gasteiger charge is -2.22. The Morgan fingerprint density at radius 3 is 2.82 bits per heavy atom. The van der Waals surface area contributed by atoms with E-state index in [4.69, 9.17) is 4.74 Å². The molecule has 0 aromatic heterocycles. The molecule has 0 aliphatic heterocycles. The van der Waals surface area contributed by atoms with E-state index < -0.39 is 0 Å². The first-order valence-electron chi connectivity index (χ1n) is 6.33. The largest absolute Gasteiger partial charge is 0.383 e. The predicted molar refractivity (Wildman–Crippen MR) is 71.4 cm³/mol. The molecule has 0 unspecified atom stereocenters. The number of hydrogen-bond donors (Lipinski definition) is 1. The zero-order valence-corrected chi connectivity index (χ0v) is 10.8. The van der Waals surface area contributed by atoms with Crippen molar-refractivity contribution in [2.45, 2.75) is 25.4 Å². The van der Waals surface area contributed by atoms with Crippen LogP contribution in [0.2, 0.25) is 0 Å². The van der Waals surface area contributed by atoms with E-state index in [2.05, 4.69) is 41.5 Å². The summed E-state index contributed by atoms with van der Waals surface area (Å²) in [5.74, 6) is 0. The quantitative estimate of drug-likeness (QED) is 0.731. The Hall–Kier alpha value is -1.06. The van der Waals surface area contributed by atoms with Gasteiger partial charge in [-0.3, -0.25) is 0 Å². The van der Waals surface area contributed by atoms with E-state index in [-0.39, 0.29) is 0 Å². The van der Waals surface area contributed by atoms with E-state index >= 15 is 0 Å². The van der Waals surface area contributed by atoms with Crippen LogP contribution in [0, 0.1) is 0 Å². The van der Waals surface area contributed by atoms with Crippen LogP contribution in [-0.4, -0.2) is 33.4 Å². The first-order valence-corrected chi connectivity index (χ1v) is 6.33. The minimum Gasteiger partial charge on any atom is -0.383 e. The second-order valence-electron chi connectivity index (χ2n) is 4.64. The van der Waals surface area contributed by atoms with Gasteiger partial charge >= 0.3 is 0 Å². The Labute approximate surface area is 104 Å². The molecule has 0 radical (unpaired) electrons. The lowest BCUT2D eigenvalue weighted by atomic mass is 10.1. The van der Waals surface area contributed by atoms with E-state index in [1.165, 1.54) is 24.1 Å². The van der Waals surface area contributed by atoms with Gasteiger partial charge in [-0.15, -0.1) is 0 Å². The van der Waals surface area contributed by atoms with Gasteiger partial charge in [0.05, 0.1) is 6.61 Å². The molecule has 2 rings (SSSR count). The molecule has 1 aliphatic carbocycles. The maximum Gasteiger partial charge on any atom is 0.0587 e. The topological polar surface area (TPSA) is 24.5 Å². The molecule has 1 aromatic carbocycles. The fraction of sp³-hybridized carbons (Fsp3) is 0.571. The van der Waals surface area contributed by atoms with E-state index in [9.17, 15) is 0 Å². The van der Waals surface area contributed by atoms with Crippen molar-refractivity contribution >= 4 is 5.69 Å². The van der Waals surface area contributed by atoms with Gasteiger partial charge in [0, 0.05) is 39.0 Å². The number of rotatable bonds is 7. The smallest absolute Gasteiger partial charge is 0.0587 e. The number of nitrogens with one attached hydrogen (secondary N) is 1. The van der Waals surface area contributed by atoms with Crippen LogP contribution in [0.25, 0.3) is 0 Å². The van der Waals surface area contributed by atoms with Crippen LogP contribution in [0.4, 0.5) is 5.69 Å². The number of nitrogens with zero attached hydrogens (tertiary/aromatic N) is 1. The molecule has 1 fully saturated rings. The minimum absolute atomic E-state index is 0.759. The van der Waals surface area contributed by atoms with Crippen molar-refractivity contribution in [3.8, 4) is 0 Å². The first-order chi connectivity index (χ1) is 8.33. The Bertz CT molecular complexity index is 350. The molecule has 1 saturated carbocycles. The molecule has 3 nitrogen and oxygen atoms in total. The summed E-state index contributed by atoms with van der Waals surface area (Å²) in [4.78, 5) is 2.41. The van der Waals surface area contributed by atoms with Gasteiger partial charge in [0.25, 0.3) is 0 Å². The molecule has 0 saturated heterocycles. The lowest BCUT2D eigenvalue weighted by Crippen LogP contribution is -2.24. The average Bonchev–Trinajstić information content (AvgIpc) is 3.18. The molecule has 1 aliphatic rings. The lowest BCUT2D eigenvalue weighted by molar-refractivity contribution is 0.199. The molecule has 0 atom stereocenters. The van der Waals surface area contributed by atoms with Gasteiger partial charge in [0.2, 0.25) is 0 Å². The molecular weight excluding hydrogens is 212 g/mol. The van der Waals surface area contributed by atoms with E-state index in [0.717, 1.165) is 25.7 Å². The van der Waals surface area contributed by atoms with Crippen molar-refractivity contribution in [2.75, 3.05) is 32.2 Å². The number of anilines is 1. The highest BCUT2D eigenvalue weighted by Gasteiger charge is 2.27. The molecule has 1 aromatic rings. The summed E-state index contributed by atoms with van der Waals surface area (Å²) >= 11 is 0. The van der Waals surface area contributed by atoms with Crippen LogP contribution in [0.1, 0.15) is 18.4 Å². The molecule has 17 heavy (non-hydrogen) atoms. The highest BCUT2D eigenvalue weighted by molar-refractivity contribution is 5.54. The average molecular weight is 234 g/mol. The fourth-order valence-corrected chi connectivity index (χ4v) is 2.06. The third kappa shape index (κ3) is 3.45. The fourth-order valence-electron chi connectivity index (χ4n) is 2.06. The number of hydrogen-bond acceptors (Lipinski definition) is 3. The molecular formula is C14H22N2O. The number of methoxy groups -OCH3 is 1. The molecule has 1 N–H and O–H groups in total. The number of ether oxygens (including phenoxy) is 1. The number of para-hydroxylation sites is 1. The SMILES string of the molecule is COCCNCc1ccccc1N(C)C1CC1. The van der Waals surface area contributed by atoms with Gasteiger partial charge < -0.3 is 15.0 Å². The van der Waals surface area contributed by atoms with Crippen LogP contribution in [0.15, 0.2) is 24.3 Å². The van der Waals surface area contributed by atoms with Gasteiger partial charge in [-0.2, -0.15) is 0 Å². The van der Waals surface area contributed by atoms with Gasteiger partial charge in [-0.05, 0) is 24.5 Å². The van der Waals surface area contributed by atoms with E-state index in [1.807, 2.05) is 0 Å². The highest BCUT2D eigenvalue weighted by Crippen LogP contribution is 2.31. The predicted octanol–water partition coefficient (Wildman–Crippen LogP) is 2.02. The minimum atomic E-state index is 0.759. The van der Waals surface area contributed by atoms with Crippen molar-refractivity contribution in [1.29, 1.82) is 0 Å². The van der Waals surface area contributed by atoms with Gasteiger partial charge in [0.15, 0.2) is 0 Å². The summed E-state index contributed by atoms with van der Waals surface area (Å²) in [6.07, 6.45) is 2.67. The Kier molecular flexibility index (Phi) is 4.40. The summed E-state index contributed by atoms with van der Waals surface area (Å²) in [6, 6.07) is 9.40. The van der Waals surface area contributed by atoms with Crippen LogP contribution >= 0.6 is 0 Å². The third-order valence-electron chi connectivity index (χ3n) is 3.26. The van der Waals surface area contributed by atoms with Crippen molar-refractivity contribution < 1.29 is 4.74 Å². The van der Waals surface area contributed by atoms with E-state index in [1.54, 1.807) is 7.11 Å². The summed E-state index contributed by atoms with van der Waals surface area (Å²) in [7, 11) is 3.93. The van der Waals surface area contributed by atoms with Crippen LogP contribution in [-0.2, 0) is 11.3 Å².